The van der Waals surface area contributed by atoms with Gasteiger partial charge in [-0.2, -0.15) is 0 Å². The molecule has 2 heterocycles. The summed E-state index contributed by atoms with van der Waals surface area (Å²) >= 11 is 0. The summed E-state index contributed by atoms with van der Waals surface area (Å²) < 4.78 is 0. The first kappa shape index (κ1) is 12.3. The third-order valence-electron chi connectivity index (χ3n) is 3.22. The van der Waals surface area contributed by atoms with Crippen molar-refractivity contribution in [1.82, 2.24) is 15.3 Å². The SMILES string of the molecule is Cc1cc(N2CCCC2CNC(C)C)ncn1. The number of hydrogen-bond donors (Lipinski definition) is 1. The van der Waals surface area contributed by atoms with Crippen molar-refractivity contribution in [3.8, 4) is 0 Å². The molecule has 1 atom stereocenters. The van der Waals surface area contributed by atoms with Crippen LogP contribution in [0.5, 0.6) is 0 Å². The van der Waals surface area contributed by atoms with E-state index in [4.69, 9.17) is 0 Å². The first-order valence-electron chi connectivity index (χ1n) is 6.45. The minimum absolute atomic E-state index is 0.546. The summed E-state index contributed by atoms with van der Waals surface area (Å²) in [6, 6.07) is 3.20. The van der Waals surface area contributed by atoms with Crippen molar-refractivity contribution in [2.45, 2.75) is 45.7 Å². The van der Waals surface area contributed by atoms with Gasteiger partial charge in [0.1, 0.15) is 12.1 Å². The zero-order chi connectivity index (χ0) is 12.3. The molecule has 1 aromatic rings. The lowest BCUT2D eigenvalue weighted by atomic mass is 10.2. The molecule has 0 spiro atoms. The van der Waals surface area contributed by atoms with Gasteiger partial charge in [0.25, 0.3) is 0 Å². The highest BCUT2D eigenvalue weighted by Crippen LogP contribution is 2.23. The normalized spacial score (nSPS) is 20.2. The van der Waals surface area contributed by atoms with E-state index in [-0.39, 0.29) is 0 Å². The van der Waals surface area contributed by atoms with E-state index >= 15 is 0 Å². The van der Waals surface area contributed by atoms with Gasteiger partial charge in [0, 0.05) is 36.9 Å². The Morgan fingerprint density at radius 2 is 2.29 bits per heavy atom. The van der Waals surface area contributed by atoms with Crippen LogP contribution < -0.4 is 10.2 Å². The third-order valence-corrected chi connectivity index (χ3v) is 3.22. The summed E-state index contributed by atoms with van der Waals surface area (Å²) in [5.41, 5.74) is 1.04. The first-order valence-corrected chi connectivity index (χ1v) is 6.45. The molecule has 1 aromatic heterocycles. The Morgan fingerprint density at radius 1 is 1.47 bits per heavy atom. The van der Waals surface area contributed by atoms with Gasteiger partial charge in [-0.3, -0.25) is 0 Å². The molecule has 2 rings (SSSR count). The average molecular weight is 234 g/mol. The van der Waals surface area contributed by atoms with E-state index in [1.807, 2.05) is 6.92 Å². The van der Waals surface area contributed by atoms with Gasteiger partial charge < -0.3 is 10.2 Å². The Kier molecular flexibility index (Phi) is 3.94. The minimum Gasteiger partial charge on any atom is -0.352 e. The van der Waals surface area contributed by atoms with Gasteiger partial charge in [-0.05, 0) is 19.8 Å². The topological polar surface area (TPSA) is 41.0 Å². The number of anilines is 1. The molecule has 1 aliphatic heterocycles. The molecule has 1 saturated heterocycles. The van der Waals surface area contributed by atoms with Crippen LogP contribution in [-0.2, 0) is 0 Å². The smallest absolute Gasteiger partial charge is 0.132 e. The maximum Gasteiger partial charge on any atom is 0.132 e. The molecule has 1 N–H and O–H groups in total. The zero-order valence-corrected chi connectivity index (χ0v) is 11.0. The highest BCUT2D eigenvalue weighted by Gasteiger charge is 2.25. The number of rotatable bonds is 4. The van der Waals surface area contributed by atoms with Gasteiger partial charge in [-0.15, -0.1) is 0 Å². The van der Waals surface area contributed by atoms with E-state index in [0.29, 0.717) is 12.1 Å². The van der Waals surface area contributed by atoms with E-state index in [2.05, 4.69) is 40.1 Å². The highest BCUT2D eigenvalue weighted by molar-refractivity contribution is 5.41. The zero-order valence-electron chi connectivity index (χ0n) is 11.0. The predicted molar refractivity (Wildman–Crippen MR) is 70.3 cm³/mol. The predicted octanol–water partition coefficient (Wildman–Crippen LogP) is 1.75. The van der Waals surface area contributed by atoms with Crippen LogP contribution in [0.3, 0.4) is 0 Å². The highest BCUT2D eigenvalue weighted by atomic mass is 15.2. The number of nitrogens with one attached hydrogen (secondary N) is 1. The quantitative estimate of drug-likeness (QED) is 0.861. The average Bonchev–Trinajstić information content (AvgIpc) is 2.74. The fraction of sp³-hybridized carbons (Fsp3) is 0.692. The lowest BCUT2D eigenvalue weighted by Gasteiger charge is -2.26. The lowest BCUT2D eigenvalue weighted by molar-refractivity contribution is 0.522. The molecule has 0 saturated carbocycles. The van der Waals surface area contributed by atoms with Crippen LogP contribution in [0.25, 0.3) is 0 Å². The number of aryl methyl sites for hydroxylation is 1. The van der Waals surface area contributed by atoms with Gasteiger partial charge in [0.15, 0.2) is 0 Å². The van der Waals surface area contributed by atoms with Crippen LogP contribution in [0.2, 0.25) is 0 Å². The van der Waals surface area contributed by atoms with Crippen LogP contribution in [0.1, 0.15) is 32.4 Å². The van der Waals surface area contributed by atoms with Crippen molar-refractivity contribution in [3.05, 3.63) is 18.1 Å². The summed E-state index contributed by atoms with van der Waals surface area (Å²) in [4.78, 5) is 10.9. The molecule has 17 heavy (non-hydrogen) atoms. The molecule has 1 fully saturated rings. The summed E-state index contributed by atoms with van der Waals surface area (Å²) in [5.74, 6) is 1.07. The van der Waals surface area contributed by atoms with Gasteiger partial charge >= 0.3 is 0 Å². The Balaban J connectivity index is 2.04. The molecule has 1 unspecified atom stereocenters. The van der Waals surface area contributed by atoms with Crippen molar-refractivity contribution in [2.24, 2.45) is 0 Å². The van der Waals surface area contributed by atoms with Gasteiger partial charge in [-0.1, -0.05) is 13.8 Å². The lowest BCUT2D eigenvalue weighted by Crippen LogP contribution is -2.40. The van der Waals surface area contributed by atoms with E-state index in [1.165, 1.54) is 12.8 Å². The largest absolute Gasteiger partial charge is 0.352 e. The van der Waals surface area contributed by atoms with Crippen molar-refractivity contribution < 1.29 is 0 Å². The van der Waals surface area contributed by atoms with Crippen molar-refractivity contribution >= 4 is 5.82 Å². The second kappa shape index (κ2) is 5.45. The van der Waals surface area contributed by atoms with Crippen LogP contribution in [0.4, 0.5) is 5.82 Å². The molecular weight excluding hydrogens is 212 g/mol. The second-order valence-corrected chi connectivity index (χ2v) is 5.07. The number of hydrogen-bond acceptors (Lipinski definition) is 4. The van der Waals surface area contributed by atoms with Gasteiger partial charge in [-0.25, -0.2) is 9.97 Å². The second-order valence-electron chi connectivity index (χ2n) is 5.07. The molecular formula is C13H22N4. The summed E-state index contributed by atoms with van der Waals surface area (Å²) in [7, 11) is 0. The number of aromatic nitrogens is 2. The van der Waals surface area contributed by atoms with E-state index in [9.17, 15) is 0 Å². The standard InChI is InChI=1S/C13H22N4/c1-10(2)14-8-12-5-4-6-17(12)13-7-11(3)15-9-16-13/h7,9-10,12,14H,4-6,8H2,1-3H3. The van der Waals surface area contributed by atoms with Gasteiger partial charge in [0.05, 0.1) is 0 Å². The van der Waals surface area contributed by atoms with Crippen LogP contribution in [0.15, 0.2) is 12.4 Å². The van der Waals surface area contributed by atoms with Crippen molar-refractivity contribution in [3.63, 3.8) is 0 Å². The Labute approximate surface area is 103 Å². The summed E-state index contributed by atoms with van der Waals surface area (Å²) in [6.45, 7) is 8.55. The molecule has 4 nitrogen and oxygen atoms in total. The van der Waals surface area contributed by atoms with Crippen LogP contribution in [-0.4, -0.2) is 35.1 Å². The molecule has 0 aliphatic carbocycles. The van der Waals surface area contributed by atoms with Crippen molar-refractivity contribution in [1.29, 1.82) is 0 Å². The maximum absolute atomic E-state index is 4.39. The third kappa shape index (κ3) is 3.16. The Morgan fingerprint density at radius 3 is 3.00 bits per heavy atom. The first-order chi connectivity index (χ1) is 8.16. The van der Waals surface area contributed by atoms with E-state index < -0.39 is 0 Å². The summed E-state index contributed by atoms with van der Waals surface area (Å²) in [6.07, 6.45) is 4.17. The molecule has 94 valence electrons. The van der Waals surface area contributed by atoms with Gasteiger partial charge in [0.2, 0.25) is 0 Å². The molecule has 0 radical (unpaired) electrons. The van der Waals surface area contributed by atoms with Crippen LogP contribution >= 0.6 is 0 Å². The molecule has 0 aromatic carbocycles. The molecule has 0 bridgehead atoms. The van der Waals surface area contributed by atoms with Crippen molar-refractivity contribution in [2.75, 3.05) is 18.0 Å². The van der Waals surface area contributed by atoms with Crippen LogP contribution in [0, 0.1) is 6.92 Å². The fourth-order valence-corrected chi connectivity index (χ4v) is 2.32. The minimum atomic E-state index is 0.546. The summed E-state index contributed by atoms with van der Waals surface area (Å²) in [5, 5.41) is 3.52. The van der Waals surface area contributed by atoms with E-state index in [0.717, 1.165) is 24.6 Å². The number of nitrogens with zero attached hydrogens (tertiary/aromatic N) is 3. The molecule has 0 amide bonds. The fourth-order valence-electron chi connectivity index (χ4n) is 2.32. The molecule has 4 heteroatoms. The maximum atomic E-state index is 4.39. The molecule has 1 aliphatic rings. The Hall–Kier alpha value is -1.16. The monoisotopic (exact) mass is 234 g/mol. The Bertz CT molecular complexity index is 364. The van der Waals surface area contributed by atoms with E-state index in [1.54, 1.807) is 6.33 Å².